The van der Waals surface area contributed by atoms with Crippen molar-refractivity contribution in [3.8, 4) is 11.4 Å². The first kappa shape index (κ1) is 15.2. The van der Waals surface area contributed by atoms with Crippen LogP contribution in [0.25, 0.3) is 11.4 Å². The molecule has 6 nitrogen and oxygen atoms in total. The number of amides is 1. The first-order valence-corrected chi connectivity index (χ1v) is 7.07. The highest BCUT2D eigenvalue weighted by Gasteiger charge is 2.07. The third-order valence-corrected chi connectivity index (χ3v) is 3.36. The molecule has 1 atom stereocenters. The third kappa shape index (κ3) is 4.13. The molecule has 0 radical (unpaired) electrons. The van der Waals surface area contributed by atoms with Crippen LogP contribution in [0.1, 0.15) is 20.3 Å². The summed E-state index contributed by atoms with van der Waals surface area (Å²) in [5, 5.41) is 13.9. The Balaban J connectivity index is 1.94. The van der Waals surface area contributed by atoms with Crippen LogP contribution in [0.3, 0.4) is 0 Å². The van der Waals surface area contributed by atoms with Crippen molar-refractivity contribution in [2.45, 2.75) is 26.3 Å². The average molecular weight is 287 g/mol. The minimum Gasteiger partial charge on any atom is -0.325 e. The first-order chi connectivity index (χ1) is 10.1. The van der Waals surface area contributed by atoms with E-state index in [0.29, 0.717) is 12.6 Å². The summed E-state index contributed by atoms with van der Waals surface area (Å²) >= 11 is 0. The second-order valence-electron chi connectivity index (χ2n) is 5.08. The molecule has 0 aliphatic carbocycles. The van der Waals surface area contributed by atoms with Crippen molar-refractivity contribution >= 4 is 11.6 Å². The van der Waals surface area contributed by atoms with Crippen LogP contribution in [0.15, 0.2) is 30.6 Å². The summed E-state index contributed by atoms with van der Waals surface area (Å²) in [7, 11) is 1.89. The highest BCUT2D eigenvalue weighted by atomic mass is 16.1. The van der Waals surface area contributed by atoms with Gasteiger partial charge in [0.05, 0.1) is 6.54 Å². The number of rotatable bonds is 6. The van der Waals surface area contributed by atoms with Gasteiger partial charge in [0, 0.05) is 24.3 Å². The highest BCUT2D eigenvalue weighted by Crippen LogP contribution is 2.18. The Kier molecular flexibility index (Phi) is 5.05. The summed E-state index contributed by atoms with van der Waals surface area (Å²) in [5.41, 5.74) is 1.74. The number of hydrogen-bond acceptors (Lipinski definition) is 4. The van der Waals surface area contributed by atoms with Crippen LogP contribution in [0.5, 0.6) is 0 Å². The molecule has 1 heterocycles. The Bertz CT molecular complexity index is 590. The maximum Gasteiger partial charge on any atom is 0.238 e. The van der Waals surface area contributed by atoms with Gasteiger partial charge in [0.25, 0.3) is 0 Å². The molecule has 1 amide bonds. The van der Waals surface area contributed by atoms with Crippen molar-refractivity contribution in [1.29, 1.82) is 0 Å². The first-order valence-electron chi connectivity index (χ1n) is 7.07. The molecule has 0 fully saturated rings. The van der Waals surface area contributed by atoms with Crippen LogP contribution < -0.4 is 10.6 Å². The van der Waals surface area contributed by atoms with Crippen molar-refractivity contribution < 1.29 is 4.79 Å². The Labute approximate surface area is 124 Å². The predicted molar refractivity (Wildman–Crippen MR) is 82.8 cm³/mol. The van der Waals surface area contributed by atoms with Crippen molar-refractivity contribution in [2.75, 3.05) is 11.9 Å². The zero-order valence-electron chi connectivity index (χ0n) is 12.6. The number of aromatic nitrogens is 3. The van der Waals surface area contributed by atoms with Crippen LogP contribution in [0.4, 0.5) is 5.69 Å². The summed E-state index contributed by atoms with van der Waals surface area (Å²) in [5.74, 6) is 0.757. The van der Waals surface area contributed by atoms with Gasteiger partial charge >= 0.3 is 0 Å². The lowest BCUT2D eigenvalue weighted by Crippen LogP contribution is -2.33. The zero-order valence-corrected chi connectivity index (χ0v) is 12.6. The SMILES string of the molecule is CCC(C)NCC(=O)Nc1ccc(-c2nncn2C)cc1. The van der Waals surface area contributed by atoms with Gasteiger partial charge in [-0.15, -0.1) is 10.2 Å². The monoisotopic (exact) mass is 287 g/mol. The van der Waals surface area contributed by atoms with Gasteiger partial charge in [-0.1, -0.05) is 6.92 Å². The van der Waals surface area contributed by atoms with E-state index in [2.05, 4.69) is 34.7 Å². The number of anilines is 1. The molecule has 0 bridgehead atoms. The number of carbonyl (C=O) groups excluding carboxylic acids is 1. The van der Waals surface area contributed by atoms with Gasteiger partial charge in [0.2, 0.25) is 5.91 Å². The topological polar surface area (TPSA) is 71.8 Å². The Hall–Kier alpha value is -2.21. The number of aryl methyl sites for hydroxylation is 1. The van der Waals surface area contributed by atoms with E-state index >= 15 is 0 Å². The number of nitrogens with one attached hydrogen (secondary N) is 2. The van der Waals surface area contributed by atoms with Gasteiger partial charge in [0.1, 0.15) is 6.33 Å². The predicted octanol–water partition coefficient (Wildman–Crippen LogP) is 1.81. The van der Waals surface area contributed by atoms with Gasteiger partial charge in [-0.3, -0.25) is 4.79 Å². The zero-order chi connectivity index (χ0) is 15.2. The van der Waals surface area contributed by atoms with Gasteiger partial charge in [-0.2, -0.15) is 0 Å². The smallest absolute Gasteiger partial charge is 0.238 e. The van der Waals surface area contributed by atoms with Gasteiger partial charge < -0.3 is 15.2 Å². The molecule has 1 aromatic carbocycles. The molecule has 0 aliphatic rings. The fourth-order valence-corrected chi connectivity index (χ4v) is 1.86. The molecule has 0 spiro atoms. The lowest BCUT2D eigenvalue weighted by Gasteiger charge is -2.11. The van der Waals surface area contributed by atoms with Crippen molar-refractivity contribution in [2.24, 2.45) is 7.05 Å². The molecule has 6 heteroatoms. The minimum atomic E-state index is -0.0401. The molecule has 2 N–H and O–H groups in total. The van der Waals surface area contributed by atoms with E-state index in [9.17, 15) is 4.79 Å². The van der Waals surface area contributed by atoms with Crippen molar-refractivity contribution in [1.82, 2.24) is 20.1 Å². The molecule has 0 saturated carbocycles. The summed E-state index contributed by atoms with van der Waals surface area (Å²) in [6, 6.07) is 7.91. The largest absolute Gasteiger partial charge is 0.325 e. The van der Waals surface area contributed by atoms with Gasteiger partial charge in [0.15, 0.2) is 5.82 Å². The second kappa shape index (κ2) is 6.99. The molecule has 0 aliphatic heterocycles. The average Bonchev–Trinajstić information content (AvgIpc) is 2.91. The normalized spacial score (nSPS) is 12.1. The number of hydrogen-bond donors (Lipinski definition) is 2. The summed E-state index contributed by atoms with van der Waals surface area (Å²) in [4.78, 5) is 11.8. The van der Waals surface area contributed by atoms with Crippen molar-refractivity contribution in [3.05, 3.63) is 30.6 Å². The molecule has 2 aromatic rings. The van der Waals surface area contributed by atoms with Gasteiger partial charge in [-0.25, -0.2) is 0 Å². The van der Waals surface area contributed by atoms with Crippen LogP contribution in [0.2, 0.25) is 0 Å². The van der Waals surface area contributed by atoms with E-state index in [0.717, 1.165) is 23.5 Å². The molecule has 1 aromatic heterocycles. The fourth-order valence-electron chi connectivity index (χ4n) is 1.86. The Morgan fingerprint density at radius 1 is 1.33 bits per heavy atom. The summed E-state index contributed by atoms with van der Waals surface area (Å²) < 4.78 is 1.85. The summed E-state index contributed by atoms with van der Waals surface area (Å²) in [6.07, 6.45) is 2.66. The quantitative estimate of drug-likeness (QED) is 0.850. The van der Waals surface area contributed by atoms with E-state index in [1.807, 2.05) is 35.9 Å². The lowest BCUT2D eigenvalue weighted by atomic mass is 10.2. The van der Waals surface area contributed by atoms with E-state index in [1.54, 1.807) is 6.33 Å². The van der Waals surface area contributed by atoms with E-state index < -0.39 is 0 Å². The van der Waals surface area contributed by atoms with Crippen LogP contribution >= 0.6 is 0 Å². The van der Waals surface area contributed by atoms with Crippen molar-refractivity contribution in [3.63, 3.8) is 0 Å². The van der Waals surface area contributed by atoms with E-state index in [-0.39, 0.29) is 5.91 Å². The van der Waals surface area contributed by atoms with E-state index in [1.165, 1.54) is 0 Å². The molecular formula is C15H21N5O. The molecule has 21 heavy (non-hydrogen) atoms. The minimum absolute atomic E-state index is 0.0401. The Morgan fingerprint density at radius 3 is 2.62 bits per heavy atom. The number of nitrogens with zero attached hydrogens (tertiary/aromatic N) is 3. The molecule has 2 rings (SSSR count). The second-order valence-corrected chi connectivity index (χ2v) is 5.08. The summed E-state index contributed by atoms with van der Waals surface area (Å²) in [6.45, 7) is 4.46. The Morgan fingerprint density at radius 2 is 2.05 bits per heavy atom. The van der Waals surface area contributed by atoms with Gasteiger partial charge in [-0.05, 0) is 37.6 Å². The number of benzene rings is 1. The van der Waals surface area contributed by atoms with Crippen LogP contribution in [0, 0.1) is 0 Å². The van der Waals surface area contributed by atoms with Crippen LogP contribution in [-0.4, -0.2) is 33.3 Å². The highest BCUT2D eigenvalue weighted by molar-refractivity contribution is 5.92. The molecule has 112 valence electrons. The number of carbonyl (C=O) groups is 1. The standard InChI is InChI=1S/C15H21N5O/c1-4-11(2)16-9-14(21)18-13-7-5-12(6-8-13)15-19-17-10-20(15)3/h5-8,10-11,16H,4,9H2,1-3H3,(H,18,21). The fraction of sp³-hybridized carbons (Fsp3) is 0.400. The lowest BCUT2D eigenvalue weighted by molar-refractivity contribution is -0.115. The molecule has 1 unspecified atom stereocenters. The maximum absolute atomic E-state index is 11.8. The third-order valence-electron chi connectivity index (χ3n) is 3.36. The molecular weight excluding hydrogens is 266 g/mol. The maximum atomic E-state index is 11.8. The van der Waals surface area contributed by atoms with Crippen LogP contribution in [-0.2, 0) is 11.8 Å². The van der Waals surface area contributed by atoms with E-state index in [4.69, 9.17) is 0 Å². The molecule has 0 saturated heterocycles.